The molecule has 4 nitrogen and oxygen atoms in total. The molecule has 2 N–H and O–H groups in total. The molecule has 0 aromatic heterocycles. The first-order valence-corrected chi connectivity index (χ1v) is 6.04. The normalized spacial score (nSPS) is 12.2. The highest BCUT2D eigenvalue weighted by atomic mass is 16.4. The van der Waals surface area contributed by atoms with Gasteiger partial charge in [0.1, 0.15) is 0 Å². The highest BCUT2D eigenvalue weighted by Gasteiger charge is 2.16. The first-order valence-electron chi connectivity index (χ1n) is 6.04. The van der Waals surface area contributed by atoms with Crippen LogP contribution in [0.5, 0.6) is 0 Å². The standard InChI is InChI=1S/C14H19NO3/c1-9(2)10(3)8-15-13(16)11-6-4-5-7-12(11)14(17)18/h4-7,9-10H,8H2,1-3H3,(H,15,16)(H,17,18). The molecule has 0 radical (unpaired) electrons. The second-order valence-electron chi connectivity index (χ2n) is 4.78. The number of amides is 1. The van der Waals surface area contributed by atoms with Crippen LogP contribution < -0.4 is 5.32 Å². The second kappa shape index (κ2) is 6.19. The van der Waals surface area contributed by atoms with E-state index in [0.29, 0.717) is 18.4 Å². The molecule has 1 atom stereocenters. The van der Waals surface area contributed by atoms with Crippen molar-refractivity contribution in [3.8, 4) is 0 Å². The highest BCUT2D eigenvalue weighted by Crippen LogP contribution is 2.11. The third-order valence-electron chi connectivity index (χ3n) is 3.12. The van der Waals surface area contributed by atoms with E-state index in [2.05, 4.69) is 19.2 Å². The number of aromatic carboxylic acids is 1. The summed E-state index contributed by atoms with van der Waals surface area (Å²) in [6.45, 7) is 6.77. The van der Waals surface area contributed by atoms with E-state index in [9.17, 15) is 9.59 Å². The van der Waals surface area contributed by atoms with Crippen molar-refractivity contribution in [3.63, 3.8) is 0 Å². The molecule has 4 heteroatoms. The largest absolute Gasteiger partial charge is 0.478 e. The van der Waals surface area contributed by atoms with Crippen molar-refractivity contribution < 1.29 is 14.7 Å². The van der Waals surface area contributed by atoms with Crippen molar-refractivity contribution in [2.24, 2.45) is 11.8 Å². The summed E-state index contributed by atoms with van der Waals surface area (Å²) in [6.07, 6.45) is 0. The Morgan fingerprint density at radius 3 is 2.22 bits per heavy atom. The number of hydrogen-bond donors (Lipinski definition) is 2. The van der Waals surface area contributed by atoms with Crippen LogP contribution in [-0.4, -0.2) is 23.5 Å². The lowest BCUT2D eigenvalue weighted by Gasteiger charge is -2.16. The molecule has 1 unspecified atom stereocenters. The first-order chi connectivity index (χ1) is 8.43. The Morgan fingerprint density at radius 1 is 1.17 bits per heavy atom. The van der Waals surface area contributed by atoms with Crippen LogP contribution in [0.3, 0.4) is 0 Å². The van der Waals surface area contributed by atoms with Gasteiger partial charge in [0, 0.05) is 6.54 Å². The molecule has 0 spiro atoms. The summed E-state index contributed by atoms with van der Waals surface area (Å²) < 4.78 is 0. The van der Waals surface area contributed by atoms with E-state index >= 15 is 0 Å². The summed E-state index contributed by atoms with van der Waals surface area (Å²) in [4.78, 5) is 22.9. The minimum absolute atomic E-state index is 0.0344. The fraction of sp³-hybridized carbons (Fsp3) is 0.429. The smallest absolute Gasteiger partial charge is 0.336 e. The van der Waals surface area contributed by atoms with Gasteiger partial charge in [0.25, 0.3) is 5.91 Å². The van der Waals surface area contributed by atoms with E-state index in [1.54, 1.807) is 12.1 Å². The minimum atomic E-state index is -1.09. The van der Waals surface area contributed by atoms with Crippen LogP contribution in [0.1, 0.15) is 41.5 Å². The SMILES string of the molecule is CC(C)C(C)CNC(=O)c1ccccc1C(=O)O. The second-order valence-corrected chi connectivity index (χ2v) is 4.78. The van der Waals surface area contributed by atoms with Gasteiger partial charge in [0.05, 0.1) is 11.1 Å². The summed E-state index contributed by atoms with van der Waals surface area (Å²) in [5.41, 5.74) is 0.244. The maximum Gasteiger partial charge on any atom is 0.336 e. The summed E-state index contributed by atoms with van der Waals surface area (Å²) in [7, 11) is 0. The molecular formula is C14H19NO3. The lowest BCUT2D eigenvalue weighted by Crippen LogP contribution is -2.31. The third-order valence-corrected chi connectivity index (χ3v) is 3.12. The highest BCUT2D eigenvalue weighted by molar-refractivity contribution is 6.04. The maximum absolute atomic E-state index is 11.9. The fourth-order valence-electron chi connectivity index (χ4n) is 1.45. The Morgan fingerprint density at radius 2 is 1.72 bits per heavy atom. The molecule has 1 amide bonds. The Labute approximate surface area is 107 Å². The monoisotopic (exact) mass is 249 g/mol. The van der Waals surface area contributed by atoms with Crippen molar-refractivity contribution in [1.29, 1.82) is 0 Å². The number of carboxylic acid groups (broad SMARTS) is 1. The molecule has 1 aromatic rings. The zero-order chi connectivity index (χ0) is 13.7. The molecular weight excluding hydrogens is 230 g/mol. The van der Waals surface area contributed by atoms with Crippen molar-refractivity contribution in [2.45, 2.75) is 20.8 Å². The quantitative estimate of drug-likeness (QED) is 0.842. The van der Waals surface area contributed by atoms with E-state index in [-0.39, 0.29) is 17.0 Å². The fourth-order valence-corrected chi connectivity index (χ4v) is 1.45. The van der Waals surface area contributed by atoms with Gasteiger partial charge in [-0.2, -0.15) is 0 Å². The topological polar surface area (TPSA) is 66.4 Å². The van der Waals surface area contributed by atoms with Gasteiger partial charge in [-0.25, -0.2) is 4.79 Å². The average Bonchev–Trinajstić information content (AvgIpc) is 2.35. The average molecular weight is 249 g/mol. The molecule has 1 aromatic carbocycles. The maximum atomic E-state index is 11.9. The van der Waals surface area contributed by atoms with Crippen LogP contribution in [0.15, 0.2) is 24.3 Å². The van der Waals surface area contributed by atoms with Crippen molar-refractivity contribution in [1.82, 2.24) is 5.32 Å². The van der Waals surface area contributed by atoms with Gasteiger partial charge in [-0.05, 0) is 24.0 Å². The van der Waals surface area contributed by atoms with E-state index in [0.717, 1.165) is 0 Å². The number of nitrogens with one attached hydrogen (secondary N) is 1. The summed E-state index contributed by atoms with van der Waals surface area (Å²) >= 11 is 0. The van der Waals surface area contributed by atoms with E-state index in [1.807, 2.05) is 6.92 Å². The lowest BCUT2D eigenvalue weighted by atomic mass is 9.98. The van der Waals surface area contributed by atoms with Crippen molar-refractivity contribution in [2.75, 3.05) is 6.54 Å². The molecule has 98 valence electrons. The molecule has 0 aliphatic carbocycles. The Kier molecular flexibility index (Phi) is 4.89. The van der Waals surface area contributed by atoms with Gasteiger partial charge >= 0.3 is 5.97 Å². The van der Waals surface area contributed by atoms with Crippen LogP contribution in [0.4, 0.5) is 0 Å². The van der Waals surface area contributed by atoms with E-state index in [4.69, 9.17) is 5.11 Å². The molecule has 18 heavy (non-hydrogen) atoms. The zero-order valence-electron chi connectivity index (χ0n) is 10.9. The van der Waals surface area contributed by atoms with Gasteiger partial charge in [-0.15, -0.1) is 0 Å². The first kappa shape index (κ1) is 14.2. The molecule has 0 heterocycles. The molecule has 0 aliphatic heterocycles. The van der Waals surface area contributed by atoms with Gasteiger partial charge in [0.15, 0.2) is 0 Å². The van der Waals surface area contributed by atoms with E-state index in [1.165, 1.54) is 12.1 Å². The van der Waals surface area contributed by atoms with Crippen molar-refractivity contribution in [3.05, 3.63) is 35.4 Å². The van der Waals surface area contributed by atoms with Gasteiger partial charge < -0.3 is 10.4 Å². The van der Waals surface area contributed by atoms with Gasteiger partial charge in [-0.3, -0.25) is 4.79 Å². The molecule has 0 saturated carbocycles. The molecule has 0 aliphatic rings. The Hall–Kier alpha value is -1.84. The molecule has 0 fully saturated rings. The van der Waals surface area contributed by atoms with Gasteiger partial charge in [-0.1, -0.05) is 32.9 Å². The number of hydrogen-bond acceptors (Lipinski definition) is 2. The van der Waals surface area contributed by atoms with E-state index < -0.39 is 5.97 Å². The number of carboxylic acids is 1. The Balaban J connectivity index is 2.76. The number of benzene rings is 1. The number of carbonyl (C=O) groups is 2. The predicted octanol–water partition coefficient (Wildman–Crippen LogP) is 2.41. The predicted molar refractivity (Wildman–Crippen MR) is 69.7 cm³/mol. The summed E-state index contributed by atoms with van der Waals surface area (Å²) in [6, 6.07) is 6.23. The summed E-state index contributed by atoms with van der Waals surface area (Å²) in [5, 5.41) is 11.8. The van der Waals surface area contributed by atoms with Crippen LogP contribution in [0.2, 0.25) is 0 Å². The zero-order valence-corrected chi connectivity index (χ0v) is 10.9. The summed E-state index contributed by atoms with van der Waals surface area (Å²) in [5.74, 6) is -0.593. The minimum Gasteiger partial charge on any atom is -0.478 e. The van der Waals surface area contributed by atoms with Gasteiger partial charge in [0.2, 0.25) is 0 Å². The van der Waals surface area contributed by atoms with Crippen LogP contribution >= 0.6 is 0 Å². The van der Waals surface area contributed by atoms with Crippen LogP contribution in [0, 0.1) is 11.8 Å². The number of rotatable bonds is 5. The van der Waals surface area contributed by atoms with Crippen LogP contribution in [0.25, 0.3) is 0 Å². The molecule has 0 saturated heterocycles. The van der Waals surface area contributed by atoms with Crippen molar-refractivity contribution >= 4 is 11.9 Å². The molecule has 0 bridgehead atoms. The third kappa shape index (κ3) is 3.58. The van der Waals surface area contributed by atoms with Crippen LogP contribution in [-0.2, 0) is 0 Å². The Bertz CT molecular complexity index is 440. The lowest BCUT2D eigenvalue weighted by molar-refractivity contribution is 0.0691. The molecule has 1 rings (SSSR count). The number of carbonyl (C=O) groups excluding carboxylic acids is 1.